The standard InChI is InChI=1S/C23H19F3N4O.ClH/c24-23(25,26)15-5-6-18(28-12-15)14-8-10-30(21(31)11-14)20-7-9-27-13-17-16-3-1-2-4-19(16)29-22(17)20;/h1-6,8,10-12,20,27,29H,7,9,13H2;1H. The number of H-pyrrole nitrogens is 1. The molecule has 3 aromatic heterocycles. The lowest BCUT2D eigenvalue weighted by Crippen LogP contribution is -2.26. The average Bonchev–Trinajstić information content (AvgIpc) is 2.99. The highest BCUT2D eigenvalue weighted by Crippen LogP contribution is 2.32. The minimum Gasteiger partial charge on any atom is -0.356 e. The van der Waals surface area contributed by atoms with Crippen LogP contribution in [0.2, 0.25) is 0 Å². The molecule has 0 aliphatic carbocycles. The van der Waals surface area contributed by atoms with E-state index in [0.29, 0.717) is 11.3 Å². The molecule has 4 aromatic rings. The zero-order valence-electron chi connectivity index (χ0n) is 16.8. The molecule has 32 heavy (non-hydrogen) atoms. The van der Waals surface area contributed by atoms with Gasteiger partial charge in [-0.2, -0.15) is 13.2 Å². The number of halogens is 4. The molecule has 0 bridgehead atoms. The Hall–Kier alpha value is -3.10. The molecule has 166 valence electrons. The fourth-order valence-electron chi connectivity index (χ4n) is 4.21. The van der Waals surface area contributed by atoms with Crippen LogP contribution in [0.15, 0.2) is 65.7 Å². The van der Waals surface area contributed by atoms with E-state index in [9.17, 15) is 18.0 Å². The van der Waals surface area contributed by atoms with Gasteiger partial charge in [0.05, 0.1) is 17.3 Å². The van der Waals surface area contributed by atoms with Crippen LogP contribution >= 0.6 is 12.4 Å². The maximum absolute atomic E-state index is 13.0. The minimum atomic E-state index is -4.44. The predicted octanol–water partition coefficient (Wildman–Crippen LogP) is 4.91. The zero-order chi connectivity index (χ0) is 21.6. The van der Waals surface area contributed by atoms with E-state index in [0.717, 1.165) is 53.9 Å². The summed E-state index contributed by atoms with van der Waals surface area (Å²) in [6.07, 6.45) is -1.23. The molecule has 0 fully saturated rings. The summed E-state index contributed by atoms with van der Waals surface area (Å²) in [5, 5.41) is 4.55. The van der Waals surface area contributed by atoms with E-state index in [1.807, 2.05) is 18.2 Å². The second-order valence-corrected chi connectivity index (χ2v) is 7.63. The Morgan fingerprint density at radius 3 is 2.62 bits per heavy atom. The quantitative estimate of drug-likeness (QED) is 0.446. The summed E-state index contributed by atoms with van der Waals surface area (Å²) >= 11 is 0. The number of aromatic amines is 1. The highest BCUT2D eigenvalue weighted by Gasteiger charge is 2.30. The summed E-state index contributed by atoms with van der Waals surface area (Å²) in [6, 6.07) is 13.3. The zero-order valence-corrected chi connectivity index (χ0v) is 17.6. The number of hydrogen-bond acceptors (Lipinski definition) is 3. The van der Waals surface area contributed by atoms with Crippen LogP contribution in [0, 0.1) is 0 Å². The van der Waals surface area contributed by atoms with E-state index in [4.69, 9.17) is 0 Å². The molecule has 0 amide bonds. The highest BCUT2D eigenvalue weighted by atomic mass is 35.5. The van der Waals surface area contributed by atoms with Gasteiger partial charge in [0.1, 0.15) is 0 Å². The number of nitrogens with zero attached hydrogens (tertiary/aromatic N) is 2. The van der Waals surface area contributed by atoms with Crippen LogP contribution in [-0.2, 0) is 12.7 Å². The summed E-state index contributed by atoms with van der Waals surface area (Å²) in [5.41, 5.74) is 2.95. The smallest absolute Gasteiger partial charge is 0.356 e. The van der Waals surface area contributed by atoms with Crippen molar-refractivity contribution >= 4 is 23.3 Å². The number of alkyl halides is 3. The summed E-state index contributed by atoms with van der Waals surface area (Å²) in [5.74, 6) is 0. The number of hydrogen-bond donors (Lipinski definition) is 2. The lowest BCUT2D eigenvalue weighted by atomic mass is 10.0. The molecule has 0 spiro atoms. The Morgan fingerprint density at radius 2 is 1.91 bits per heavy atom. The lowest BCUT2D eigenvalue weighted by Gasteiger charge is -2.18. The van der Waals surface area contributed by atoms with E-state index < -0.39 is 11.7 Å². The Bertz CT molecular complexity index is 1310. The van der Waals surface area contributed by atoms with Crippen molar-refractivity contribution in [2.45, 2.75) is 25.2 Å². The van der Waals surface area contributed by atoms with E-state index in [1.165, 1.54) is 12.1 Å². The number of nitrogens with one attached hydrogen (secondary N) is 2. The van der Waals surface area contributed by atoms with Crippen molar-refractivity contribution < 1.29 is 13.2 Å². The van der Waals surface area contributed by atoms with Gasteiger partial charge in [-0.15, -0.1) is 12.4 Å². The first-order valence-electron chi connectivity index (χ1n) is 9.98. The third kappa shape index (κ3) is 3.91. The number of benzene rings is 1. The number of para-hydroxylation sites is 1. The summed E-state index contributed by atoms with van der Waals surface area (Å²) in [7, 11) is 0. The van der Waals surface area contributed by atoms with E-state index >= 15 is 0 Å². The molecule has 0 saturated heterocycles. The fraction of sp³-hybridized carbons (Fsp3) is 0.217. The minimum absolute atomic E-state index is 0. The van der Waals surface area contributed by atoms with E-state index in [2.05, 4.69) is 21.4 Å². The van der Waals surface area contributed by atoms with Gasteiger partial charge in [0.25, 0.3) is 5.56 Å². The van der Waals surface area contributed by atoms with Crippen molar-refractivity contribution in [1.29, 1.82) is 0 Å². The van der Waals surface area contributed by atoms with Gasteiger partial charge in [0.2, 0.25) is 0 Å². The van der Waals surface area contributed by atoms with Crippen molar-refractivity contribution in [2.24, 2.45) is 0 Å². The lowest BCUT2D eigenvalue weighted by molar-refractivity contribution is -0.137. The molecule has 4 heterocycles. The normalized spacial score (nSPS) is 16.3. The summed E-state index contributed by atoms with van der Waals surface area (Å²) < 4.78 is 40.0. The Kier molecular flexibility index (Phi) is 5.83. The number of pyridine rings is 2. The third-order valence-corrected chi connectivity index (χ3v) is 5.75. The molecule has 1 unspecified atom stereocenters. The van der Waals surface area contributed by atoms with Crippen molar-refractivity contribution in [3.05, 3.63) is 88.1 Å². The Balaban J connectivity index is 0.00000245. The second-order valence-electron chi connectivity index (χ2n) is 7.63. The third-order valence-electron chi connectivity index (χ3n) is 5.75. The van der Waals surface area contributed by atoms with E-state index in [1.54, 1.807) is 16.8 Å². The van der Waals surface area contributed by atoms with Crippen LogP contribution in [0.1, 0.15) is 29.3 Å². The first-order chi connectivity index (χ1) is 14.9. The van der Waals surface area contributed by atoms with Crippen LogP contribution in [-0.4, -0.2) is 21.1 Å². The van der Waals surface area contributed by atoms with Gasteiger partial charge in [-0.05, 0) is 42.8 Å². The first kappa shape index (κ1) is 22.1. The molecule has 9 heteroatoms. The van der Waals surface area contributed by atoms with Gasteiger partial charge in [-0.1, -0.05) is 18.2 Å². The molecule has 5 rings (SSSR count). The number of fused-ring (bicyclic) bond motifs is 3. The Morgan fingerprint density at radius 1 is 1.09 bits per heavy atom. The number of rotatable bonds is 2. The van der Waals surface area contributed by atoms with Gasteiger partial charge in [-0.3, -0.25) is 9.78 Å². The molecule has 1 atom stereocenters. The molecule has 5 nitrogen and oxygen atoms in total. The topological polar surface area (TPSA) is 62.7 Å². The molecule has 1 aliphatic heterocycles. The van der Waals surface area contributed by atoms with Crippen molar-refractivity contribution in [3.8, 4) is 11.3 Å². The van der Waals surface area contributed by atoms with Gasteiger partial charge in [-0.25, -0.2) is 0 Å². The van der Waals surface area contributed by atoms with Gasteiger partial charge in [0.15, 0.2) is 0 Å². The molecule has 2 N–H and O–H groups in total. The molecular weight excluding hydrogens is 441 g/mol. The molecule has 1 aromatic carbocycles. The van der Waals surface area contributed by atoms with Gasteiger partial charge in [0, 0.05) is 47.2 Å². The maximum Gasteiger partial charge on any atom is 0.417 e. The maximum atomic E-state index is 13.0. The molecule has 0 radical (unpaired) electrons. The molecule has 1 aliphatic rings. The van der Waals surface area contributed by atoms with Crippen LogP contribution < -0.4 is 10.9 Å². The van der Waals surface area contributed by atoms with Crippen molar-refractivity contribution in [3.63, 3.8) is 0 Å². The first-order valence-corrected chi connectivity index (χ1v) is 9.98. The van der Waals surface area contributed by atoms with Gasteiger partial charge < -0.3 is 14.9 Å². The second kappa shape index (κ2) is 8.44. The van der Waals surface area contributed by atoms with Crippen molar-refractivity contribution in [1.82, 2.24) is 19.9 Å². The average molecular weight is 461 g/mol. The summed E-state index contributed by atoms with van der Waals surface area (Å²) in [4.78, 5) is 20.4. The van der Waals surface area contributed by atoms with E-state index in [-0.39, 0.29) is 24.0 Å². The predicted molar refractivity (Wildman–Crippen MR) is 119 cm³/mol. The fourth-order valence-corrected chi connectivity index (χ4v) is 4.21. The van der Waals surface area contributed by atoms with Crippen LogP contribution in [0.5, 0.6) is 0 Å². The van der Waals surface area contributed by atoms with Crippen molar-refractivity contribution in [2.75, 3.05) is 6.54 Å². The highest BCUT2D eigenvalue weighted by molar-refractivity contribution is 5.85. The molecular formula is C23H20ClF3N4O. The number of aromatic nitrogens is 3. The van der Waals surface area contributed by atoms with Gasteiger partial charge >= 0.3 is 6.18 Å². The summed E-state index contributed by atoms with van der Waals surface area (Å²) in [6.45, 7) is 1.48. The van der Waals surface area contributed by atoms with Crippen LogP contribution in [0.25, 0.3) is 22.2 Å². The largest absolute Gasteiger partial charge is 0.417 e. The SMILES string of the molecule is Cl.O=c1cc(-c2ccc(C(F)(F)F)cn2)ccn1C1CCNCc2c1[nH]c1ccccc21. The monoisotopic (exact) mass is 460 g/mol. The van der Waals surface area contributed by atoms with Crippen LogP contribution in [0.4, 0.5) is 13.2 Å². The molecule has 0 saturated carbocycles. The Labute approximate surface area is 187 Å². The van der Waals surface area contributed by atoms with Crippen LogP contribution in [0.3, 0.4) is 0 Å².